The highest BCUT2D eigenvalue weighted by Crippen LogP contribution is 2.40. The predicted molar refractivity (Wildman–Crippen MR) is 69.4 cm³/mol. The van der Waals surface area contributed by atoms with Crippen molar-refractivity contribution in [2.24, 2.45) is 0 Å². The molecule has 86 valence electrons. The summed E-state index contributed by atoms with van der Waals surface area (Å²) < 4.78 is 9.11. The monoisotopic (exact) mass is 299 g/mol. The molecule has 2 aliphatic rings. The van der Waals surface area contributed by atoms with Gasteiger partial charge in [-0.2, -0.15) is 0 Å². The number of hydrogen-bond donors (Lipinski definition) is 0. The molecular formula is C12H14BrNOS. The van der Waals surface area contributed by atoms with Crippen LogP contribution in [0.4, 0.5) is 0 Å². The van der Waals surface area contributed by atoms with Gasteiger partial charge in [-0.1, -0.05) is 15.9 Å². The first-order chi connectivity index (χ1) is 7.83. The zero-order chi connectivity index (χ0) is 11.0. The van der Waals surface area contributed by atoms with Crippen LogP contribution in [-0.4, -0.2) is 23.6 Å². The Morgan fingerprint density at radius 2 is 2.12 bits per heavy atom. The number of hydrogen-bond acceptors (Lipinski definition) is 3. The molecule has 0 unspecified atom stereocenters. The molecule has 2 heterocycles. The van der Waals surface area contributed by atoms with E-state index in [1.54, 1.807) is 0 Å². The molecule has 0 bridgehead atoms. The minimum atomic E-state index is 0.685. The van der Waals surface area contributed by atoms with Crippen LogP contribution in [0.5, 0.6) is 0 Å². The average molecular weight is 300 g/mol. The maximum atomic E-state index is 5.41. The van der Waals surface area contributed by atoms with Crippen LogP contribution >= 0.6 is 27.9 Å². The standard InChI is InChI=1S/C12H14BrNOS/c13-10-1-2-12-9(7-10)8-14(16-12)11-3-5-15-6-4-11/h1-2,7,11H,3-6,8H2. The first kappa shape index (κ1) is 11.1. The van der Waals surface area contributed by atoms with E-state index in [9.17, 15) is 0 Å². The van der Waals surface area contributed by atoms with Gasteiger partial charge >= 0.3 is 0 Å². The van der Waals surface area contributed by atoms with Crippen LogP contribution in [0.1, 0.15) is 18.4 Å². The molecule has 0 aromatic heterocycles. The molecule has 1 fully saturated rings. The Morgan fingerprint density at radius 1 is 1.31 bits per heavy atom. The summed E-state index contributed by atoms with van der Waals surface area (Å²) in [4.78, 5) is 1.41. The minimum absolute atomic E-state index is 0.685. The summed E-state index contributed by atoms with van der Waals surface area (Å²) in [6.45, 7) is 2.91. The second kappa shape index (κ2) is 4.69. The van der Waals surface area contributed by atoms with Gasteiger partial charge in [0.05, 0.1) is 0 Å². The molecule has 0 N–H and O–H groups in total. The Morgan fingerprint density at radius 3 is 2.94 bits per heavy atom. The quantitative estimate of drug-likeness (QED) is 0.737. The molecule has 0 atom stereocenters. The SMILES string of the molecule is Brc1ccc2c(c1)CN(C1CCOCC1)S2. The maximum Gasteiger partial charge on any atom is 0.0481 e. The van der Waals surface area contributed by atoms with E-state index >= 15 is 0 Å². The minimum Gasteiger partial charge on any atom is -0.381 e. The molecule has 1 aromatic carbocycles. The number of nitrogens with zero attached hydrogens (tertiary/aromatic N) is 1. The first-order valence-electron chi connectivity index (χ1n) is 5.64. The molecule has 0 amide bonds. The van der Waals surface area contributed by atoms with Gasteiger partial charge in [-0.3, -0.25) is 0 Å². The lowest BCUT2D eigenvalue weighted by molar-refractivity contribution is 0.0603. The third-order valence-electron chi connectivity index (χ3n) is 3.16. The number of fused-ring (bicyclic) bond motifs is 1. The lowest BCUT2D eigenvalue weighted by Gasteiger charge is -2.29. The smallest absolute Gasteiger partial charge is 0.0481 e. The Balaban J connectivity index is 1.74. The van der Waals surface area contributed by atoms with Crippen molar-refractivity contribution in [3.05, 3.63) is 28.2 Å². The summed E-state index contributed by atoms with van der Waals surface area (Å²) >= 11 is 5.44. The highest BCUT2D eigenvalue weighted by atomic mass is 79.9. The lowest BCUT2D eigenvalue weighted by atomic mass is 10.1. The number of benzene rings is 1. The van der Waals surface area contributed by atoms with Gasteiger partial charge in [-0.05, 0) is 48.6 Å². The molecule has 1 saturated heterocycles. The predicted octanol–water partition coefficient (Wildman–Crippen LogP) is 3.45. The molecule has 2 nitrogen and oxygen atoms in total. The highest BCUT2D eigenvalue weighted by molar-refractivity contribution is 9.10. The van der Waals surface area contributed by atoms with E-state index in [0.29, 0.717) is 6.04 Å². The number of ether oxygens (including phenoxy) is 1. The molecule has 4 heteroatoms. The third kappa shape index (κ3) is 2.16. The number of rotatable bonds is 1. The highest BCUT2D eigenvalue weighted by Gasteiger charge is 2.28. The van der Waals surface area contributed by atoms with Crippen molar-refractivity contribution in [1.82, 2.24) is 4.31 Å². The summed E-state index contributed by atoms with van der Waals surface area (Å²) in [6.07, 6.45) is 2.34. The van der Waals surface area contributed by atoms with Crippen LogP contribution in [0, 0.1) is 0 Å². The average Bonchev–Trinajstić information content (AvgIpc) is 2.73. The second-order valence-electron chi connectivity index (χ2n) is 4.26. The fourth-order valence-corrected chi connectivity index (χ4v) is 3.86. The Kier molecular flexibility index (Phi) is 3.25. The van der Waals surface area contributed by atoms with E-state index in [2.05, 4.69) is 38.4 Å². The van der Waals surface area contributed by atoms with Crippen molar-refractivity contribution in [2.75, 3.05) is 13.2 Å². The lowest BCUT2D eigenvalue weighted by Crippen LogP contribution is -2.32. The summed E-state index contributed by atoms with van der Waals surface area (Å²) in [5.74, 6) is 0. The second-order valence-corrected chi connectivity index (χ2v) is 6.27. The van der Waals surface area contributed by atoms with Gasteiger partial charge in [0.1, 0.15) is 0 Å². The van der Waals surface area contributed by atoms with Crippen molar-refractivity contribution in [2.45, 2.75) is 30.3 Å². The van der Waals surface area contributed by atoms with E-state index in [4.69, 9.17) is 4.74 Å². The van der Waals surface area contributed by atoms with Crippen LogP contribution in [0.15, 0.2) is 27.6 Å². The Labute approximate surface area is 109 Å². The van der Waals surface area contributed by atoms with Gasteiger partial charge in [-0.15, -0.1) is 0 Å². The maximum absolute atomic E-state index is 5.41. The normalized spacial score (nSPS) is 22.3. The molecule has 1 aromatic rings. The van der Waals surface area contributed by atoms with Crippen LogP contribution < -0.4 is 0 Å². The van der Waals surface area contributed by atoms with E-state index in [-0.39, 0.29) is 0 Å². The van der Waals surface area contributed by atoms with Crippen molar-refractivity contribution in [1.29, 1.82) is 0 Å². The zero-order valence-electron chi connectivity index (χ0n) is 8.99. The third-order valence-corrected chi connectivity index (χ3v) is 4.91. The largest absolute Gasteiger partial charge is 0.381 e. The van der Waals surface area contributed by atoms with Crippen molar-refractivity contribution < 1.29 is 4.74 Å². The van der Waals surface area contributed by atoms with Crippen molar-refractivity contribution in [3.8, 4) is 0 Å². The Hall–Kier alpha value is -0.0300. The van der Waals surface area contributed by atoms with Crippen LogP contribution in [0.2, 0.25) is 0 Å². The molecule has 0 saturated carbocycles. The molecular weight excluding hydrogens is 286 g/mol. The van der Waals surface area contributed by atoms with Crippen LogP contribution in [0.25, 0.3) is 0 Å². The summed E-state index contributed by atoms with van der Waals surface area (Å²) in [7, 11) is 0. The molecule has 0 radical (unpaired) electrons. The first-order valence-corrected chi connectivity index (χ1v) is 7.20. The van der Waals surface area contributed by atoms with Gasteiger partial charge in [-0.25, -0.2) is 4.31 Å². The topological polar surface area (TPSA) is 12.5 Å². The molecule has 0 aliphatic carbocycles. The van der Waals surface area contributed by atoms with Gasteiger partial charge < -0.3 is 4.74 Å². The zero-order valence-corrected chi connectivity index (χ0v) is 11.4. The van der Waals surface area contributed by atoms with Gasteiger partial charge in [0, 0.05) is 35.2 Å². The van der Waals surface area contributed by atoms with Crippen LogP contribution in [0.3, 0.4) is 0 Å². The fraction of sp³-hybridized carbons (Fsp3) is 0.500. The van der Waals surface area contributed by atoms with E-state index in [1.807, 2.05) is 11.9 Å². The van der Waals surface area contributed by atoms with Crippen molar-refractivity contribution in [3.63, 3.8) is 0 Å². The summed E-state index contributed by atoms with van der Waals surface area (Å²) in [6, 6.07) is 7.26. The molecule has 16 heavy (non-hydrogen) atoms. The van der Waals surface area contributed by atoms with Gasteiger partial charge in [0.15, 0.2) is 0 Å². The van der Waals surface area contributed by atoms with E-state index in [0.717, 1.165) is 19.8 Å². The summed E-state index contributed by atoms with van der Waals surface area (Å²) in [5, 5.41) is 0. The van der Waals surface area contributed by atoms with Gasteiger partial charge in [0.25, 0.3) is 0 Å². The molecule has 0 spiro atoms. The van der Waals surface area contributed by atoms with E-state index in [1.165, 1.54) is 27.8 Å². The molecule has 3 rings (SSSR count). The Bertz CT molecular complexity index is 393. The van der Waals surface area contributed by atoms with Gasteiger partial charge in [0.2, 0.25) is 0 Å². The summed E-state index contributed by atoms with van der Waals surface area (Å²) in [5.41, 5.74) is 1.45. The van der Waals surface area contributed by atoms with E-state index < -0.39 is 0 Å². The molecule has 2 aliphatic heterocycles. The van der Waals surface area contributed by atoms with Crippen LogP contribution in [-0.2, 0) is 11.3 Å². The fourth-order valence-electron chi connectivity index (χ4n) is 2.26. The number of halogens is 1. The van der Waals surface area contributed by atoms with Crippen molar-refractivity contribution >= 4 is 27.9 Å².